The van der Waals surface area contributed by atoms with Crippen molar-refractivity contribution in [1.82, 2.24) is 19.9 Å². The van der Waals surface area contributed by atoms with Gasteiger partial charge < -0.3 is 20.0 Å². The maximum absolute atomic E-state index is 13.6. The molecule has 8 rings (SSSR count). The van der Waals surface area contributed by atoms with Gasteiger partial charge in [-0.25, -0.2) is 19.9 Å². The molecule has 0 aromatic carbocycles. The Morgan fingerprint density at radius 1 is 0.516 bits per heavy atom. The fourth-order valence-corrected chi connectivity index (χ4v) is 8.91. The summed E-state index contributed by atoms with van der Waals surface area (Å²) in [6, 6.07) is 0. The first kappa shape index (κ1) is 45.0. The highest BCUT2D eigenvalue weighted by atomic mass is 19.4. The number of Topliss-reactive ketones (excluding diaryl/α,β-unsaturated/α-hetero) is 2. The van der Waals surface area contributed by atoms with E-state index in [1.807, 2.05) is 0 Å². The van der Waals surface area contributed by atoms with Crippen LogP contribution in [0.4, 0.5) is 64.1 Å². The van der Waals surface area contributed by atoms with Crippen LogP contribution in [0.5, 0.6) is 0 Å². The number of piperidine rings is 2. The van der Waals surface area contributed by atoms with Gasteiger partial charge in [-0.1, -0.05) is 0 Å². The van der Waals surface area contributed by atoms with Crippen LogP contribution in [0.3, 0.4) is 0 Å². The van der Waals surface area contributed by atoms with Gasteiger partial charge >= 0.3 is 24.7 Å². The van der Waals surface area contributed by atoms with Gasteiger partial charge in [-0.2, -0.15) is 52.7 Å². The van der Waals surface area contributed by atoms with E-state index in [2.05, 4.69) is 29.9 Å². The highest BCUT2D eigenvalue weighted by Gasteiger charge is 2.56. The normalized spacial score (nSPS) is 25.7. The monoisotopic (exact) mass is 896 g/mol. The Morgan fingerprint density at radius 2 is 0.823 bits per heavy atom. The van der Waals surface area contributed by atoms with Crippen LogP contribution in [0, 0.1) is 23.7 Å². The Bertz CT molecular complexity index is 2010. The number of carbonyl (C=O) groups is 2. The average Bonchev–Trinajstić information content (AvgIpc) is 3.81. The topological polar surface area (TPSA) is 157 Å². The van der Waals surface area contributed by atoms with E-state index < -0.39 is 72.0 Å². The van der Waals surface area contributed by atoms with Crippen LogP contribution in [-0.2, 0) is 21.9 Å². The van der Waals surface area contributed by atoms with E-state index in [1.165, 1.54) is 0 Å². The largest absolute Gasteiger partial charge is 0.451 e. The quantitative estimate of drug-likeness (QED) is 0.352. The molecule has 0 spiro atoms. The first-order valence-electron chi connectivity index (χ1n) is 19.3. The van der Waals surface area contributed by atoms with Crippen LogP contribution in [0.1, 0.15) is 50.2 Å². The van der Waals surface area contributed by atoms with Crippen molar-refractivity contribution in [3.63, 3.8) is 0 Å². The molecule has 0 saturated carbocycles. The van der Waals surface area contributed by atoms with Gasteiger partial charge in [0.15, 0.2) is 11.6 Å². The van der Waals surface area contributed by atoms with Gasteiger partial charge in [0.05, 0.1) is 49.3 Å². The van der Waals surface area contributed by atoms with E-state index >= 15 is 0 Å². The van der Waals surface area contributed by atoms with E-state index in [0.717, 1.165) is 24.8 Å². The van der Waals surface area contributed by atoms with Gasteiger partial charge in [0.1, 0.15) is 24.0 Å². The molecule has 24 heteroatoms. The number of nitrogens with zero attached hydrogens (tertiary/aromatic N) is 8. The van der Waals surface area contributed by atoms with Crippen LogP contribution in [0.15, 0.2) is 57.1 Å². The maximum Gasteiger partial charge on any atom is 0.451 e. The van der Waals surface area contributed by atoms with Crippen molar-refractivity contribution < 1.29 is 72.5 Å². The van der Waals surface area contributed by atoms with E-state index in [4.69, 9.17) is 0 Å². The number of aliphatic hydroxyl groups excluding tert-OH is 2. The molecule has 2 fully saturated rings. The first-order valence-corrected chi connectivity index (χ1v) is 19.3. The summed E-state index contributed by atoms with van der Waals surface area (Å²) in [7, 11) is 0. The molecular weight excluding hydrogens is 860 g/mol. The van der Waals surface area contributed by atoms with Crippen molar-refractivity contribution in [1.29, 1.82) is 0 Å². The summed E-state index contributed by atoms with van der Waals surface area (Å²) in [4.78, 5) is 49.1. The lowest BCUT2D eigenvalue weighted by Crippen LogP contribution is -2.46. The molecule has 2 aliphatic carbocycles. The number of carbonyl (C=O) groups excluding carboxylic acids is 2. The molecule has 6 heterocycles. The van der Waals surface area contributed by atoms with Gasteiger partial charge in [-0.3, -0.25) is 19.6 Å². The number of rotatable bonds is 4. The molecular formula is C38H36F12N8O4. The molecule has 336 valence electrons. The second kappa shape index (κ2) is 16.6. The number of hydrogen-bond acceptors (Lipinski definition) is 12. The first-order chi connectivity index (χ1) is 28.9. The minimum atomic E-state index is -4.78. The Balaban J connectivity index is 0.000000186. The molecule has 62 heavy (non-hydrogen) atoms. The zero-order chi connectivity index (χ0) is 45.1. The molecule has 2 saturated heterocycles. The highest BCUT2D eigenvalue weighted by Crippen LogP contribution is 2.47. The lowest BCUT2D eigenvalue weighted by molar-refractivity contribution is -0.191. The minimum Gasteiger partial charge on any atom is -0.384 e. The lowest BCUT2D eigenvalue weighted by atomic mass is 9.74. The molecule has 12 nitrogen and oxygen atoms in total. The van der Waals surface area contributed by atoms with Gasteiger partial charge in [0.2, 0.25) is 11.6 Å². The number of ketones is 2. The van der Waals surface area contributed by atoms with E-state index in [0.29, 0.717) is 74.4 Å². The van der Waals surface area contributed by atoms with Crippen molar-refractivity contribution in [3.8, 4) is 0 Å². The number of anilines is 2. The van der Waals surface area contributed by atoms with Crippen molar-refractivity contribution in [3.05, 3.63) is 58.7 Å². The summed E-state index contributed by atoms with van der Waals surface area (Å²) >= 11 is 0. The Labute approximate surface area is 343 Å². The van der Waals surface area contributed by atoms with Gasteiger partial charge in [0.25, 0.3) is 0 Å². The smallest absolute Gasteiger partial charge is 0.384 e. The molecule has 2 N–H and O–H groups in total. The summed E-state index contributed by atoms with van der Waals surface area (Å²) in [6.07, 6.45) is -17.6. The number of alkyl halides is 12. The molecule has 2 aromatic rings. The number of aliphatic hydroxyl groups is 2. The standard InChI is InChI=1S/2C19H18F6N4O2/c2*20-18(21,22)14-13-10(5-12(30)16(14)31)6-26-15(13)9-1-3-29(4-2-9)11-7-27-17(28-8-11)19(23,24)25/h2*7-9,14,16,31H,1-6H2/t2*14-,16+/m10/s1. The van der Waals surface area contributed by atoms with E-state index in [9.17, 15) is 72.5 Å². The van der Waals surface area contributed by atoms with E-state index in [-0.39, 0.29) is 60.3 Å². The molecule has 6 aliphatic rings. The third-order valence-corrected chi connectivity index (χ3v) is 11.9. The number of hydrogen-bond donors (Lipinski definition) is 2. The Morgan fingerprint density at radius 3 is 1.10 bits per heavy atom. The summed E-state index contributed by atoms with van der Waals surface area (Å²) in [6.45, 7) is 1.53. The minimum absolute atomic E-state index is 0.0165. The third-order valence-electron chi connectivity index (χ3n) is 11.9. The molecule has 4 atom stereocenters. The summed E-state index contributed by atoms with van der Waals surface area (Å²) in [5, 5.41) is 19.9. The SMILES string of the molecule is O=C1CC2=C(C(C3CCN(c4cnc(C(F)(F)F)nc4)CC3)=NC2)[C@@H](C(F)(F)F)[C@H]1O.O=C1CC2=C(C(C3CCN(c4cnc(C(F)(F)F)nc4)CC3)=NC2)[C@H](C(F)(F)F)[C@@H]1O. The number of aliphatic imine (C=N–C) groups is 2. The van der Waals surface area contributed by atoms with Gasteiger partial charge in [0, 0.05) is 62.3 Å². The van der Waals surface area contributed by atoms with Crippen LogP contribution < -0.4 is 9.80 Å². The van der Waals surface area contributed by atoms with Gasteiger partial charge in [-0.15, -0.1) is 0 Å². The molecule has 4 aliphatic heterocycles. The number of aromatic nitrogens is 4. The van der Waals surface area contributed by atoms with Crippen molar-refractivity contribution in [2.75, 3.05) is 49.1 Å². The molecule has 0 bridgehead atoms. The predicted molar refractivity (Wildman–Crippen MR) is 193 cm³/mol. The van der Waals surface area contributed by atoms with Crippen LogP contribution in [-0.4, -0.2) is 117 Å². The van der Waals surface area contributed by atoms with Crippen LogP contribution in [0.25, 0.3) is 0 Å². The molecule has 0 radical (unpaired) electrons. The van der Waals surface area contributed by atoms with Gasteiger partial charge in [-0.05, 0) is 48.0 Å². The second-order valence-corrected chi connectivity index (χ2v) is 15.7. The maximum atomic E-state index is 13.6. The fourth-order valence-electron chi connectivity index (χ4n) is 8.91. The van der Waals surface area contributed by atoms with Crippen molar-refractivity contribution in [2.45, 2.75) is 75.4 Å². The zero-order valence-corrected chi connectivity index (χ0v) is 32.1. The predicted octanol–water partition coefficient (Wildman–Crippen LogP) is 5.95. The molecule has 2 aromatic heterocycles. The summed E-state index contributed by atoms with van der Waals surface area (Å²) < 4.78 is 158. The Kier molecular flexibility index (Phi) is 12.1. The lowest BCUT2D eigenvalue weighted by Gasteiger charge is -2.36. The highest BCUT2D eigenvalue weighted by molar-refractivity contribution is 6.09. The third kappa shape index (κ3) is 9.07. The van der Waals surface area contributed by atoms with Crippen LogP contribution >= 0.6 is 0 Å². The summed E-state index contributed by atoms with van der Waals surface area (Å²) in [5.41, 5.74) is 1.86. The second-order valence-electron chi connectivity index (χ2n) is 15.7. The van der Waals surface area contributed by atoms with Crippen molar-refractivity contribution in [2.24, 2.45) is 33.7 Å². The molecule has 0 unspecified atom stereocenters. The van der Waals surface area contributed by atoms with E-state index in [1.54, 1.807) is 9.80 Å². The number of halogens is 12. The fraction of sp³-hybridized carbons (Fsp3) is 0.579. The molecule has 0 amide bonds. The summed E-state index contributed by atoms with van der Waals surface area (Å²) in [5.74, 6) is -9.33. The van der Waals surface area contributed by atoms with Crippen molar-refractivity contribution >= 4 is 34.4 Å². The van der Waals surface area contributed by atoms with Crippen LogP contribution in [0.2, 0.25) is 0 Å². The Hall–Kier alpha value is -5.00. The zero-order valence-electron chi connectivity index (χ0n) is 32.1. The average molecular weight is 897 g/mol.